The Bertz CT molecular complexity index is 2720. The van der Waals surface area contributed by atoms with E-state index in [0.717, 1.165) is 94.4 Å². The number of nitrogens with one attached hydrogen (secondary N) is 1. The van der Waals surface area contributed by atoms with Crippen molar-refractivity contribution in [2.45, 2.75) is 50.9 Å². The highest BCUT2D eigenvalue weighted by molar-refractivity contribution is 6.36. The number of likely N-dealkylation sites (tertiary alicyclic amines) is 2. The molecule has 65 heavy (non-hydrogen) atoms. The van der Waals surface area contributed by atoms with Crippen LogP contribution in [-0.4, -0.2) is 72.1 Å². The summed E-state index contributed by atoms with van der Waals surface area (Å²) in [6.07, 6.45) is 4.87. The molecule has 332 valence electrons. The van der Waals surface area contributed by atoms with Crippen molar-refractivity contribution in [1.29, 1.82) is 0 Å². The molecule has 9 heteroatoms. The van der Waals surface area contributed by atoms with Crippen LogP contribution in [0.4, 0.5) is 5.69 Å². The van der Waals surface area contributed by atoms with Crippen LogP contribution in [0.15, 0.2) is 170 Å². The number of aromatic nitrogens is 2. The number of nitrogens with zero attached hydrogens (tertiary/aromatic N) is 5. The van der Waals surface area contributed by atoms with Gasteiger partial charge in [0.2, 0.25) is 0 Å². The Morgan fingerprint density at radius 1 is 0.523 bits per heavy atom. The number of benzene rings is 6. The zero-order valence-corrected chi connectivity index (χ0v) is 39.5. The molecular weight excluding hydrogens is 863 g/mol. The molecular formula is C56H57Cl3N6. The van der Waals surface area contributed by atoms with Gasteiger partial charge in [0.05, 0.1) is 27.4 Å². The summed E-state index contributed by atoms with van der Waals surface area (Å²) in [5, 5.41) is 7.51. The number of piperidine rings is 2. The van der Waals surface area contributed by atoms with Crippen LogP contribution in [0.25, 0.3) is 44.3 Å². The van der Waals surface area contributed by atoms with Crippen molar-refractivity contribution in [3.05, 3.63) is 196 Å². The Kier molecular flexibility index (Phi) is 16.2. The van der Waals surface area contributed by atoms with Crippen molar-refractivity contribution in [2.24, 2.45) is 0 Å². The molecule has 8 aromatic rings. The lowest BCUT2D eigenvalue weighted by atomic mass is 10.0. The van der Waals surface area contributed by atoms with Gasteiger partial charge < -0.3 is 10.2 Å². The van der Waals surface area contributed by atoms with Gasteiger partial charge in [-0.05, 0) is 105 Å². The summed E-state index contributed by atoms with van der Waals surface area (Å²) in [6.45, 7) is 6.82. The van der Waals surface area contributed by atoms with E-state index in [-0.39, 0.29) is 0 Å². The maximum absolute atomic E-state index is 6.32. The molecule has 2 saturated heterocycles. The third kappa shape index (κ3) is 12.5. The molecule has 0 atom stereocenters. The normalized spacial score (nSPS) is 14.9. The van der Waals surface area contributed by atoms with Gasteiger partial charge in [-0.15, -0.1) is 0 Å². The standard InChI is InChI=1S/C28H28ClN3.C15H9Cl2N.C13H20N2/c1-31(24-14-16-32(17-15-24)20-21-8-4-2-5-9-21)28-19-26(22-10-6-3-7-11-22)30-27-18-23(29)12-13-25(27)28;16-11-6-7-12-13(17)9-14(18-15(12)8-11)10-4-2-1-3-5-10;1-14-13-7-9-15(10-8-13)11-12-5-3-2-4-6-12/h2-13,18-19,24H,14-17,20H2,1H3;1-9H;2-6,13-14H,7-11H2,1H3. The molecule has 2 aliphatic rings. The molecule has 2 aliphatic heterocycles. The lowest BCUT2D eigenvalue weighted by Gasteiger charge is -2.38. The first-order valence-corrected chi connectivity index (χ1v) is 23.8. The van der Waals surface area contributed by atoms with Crippen LogP contribution >= 0.6 is 34.8 Å². The van der Waals surface area contributed by atoms with E-state index >= 15 is 0 Å². The predicted octanol–water partition coefficient (Wildman–Crippen LogP) is 13.7. The molecule has 4 heterocycles. The van der Waals surface area contributed by atoms with Crippen LogP contribution in [0.3, 0.4) is 0 Å². The van der Waals surface area contributed by atoms with Gasteiger partial charge in [-0.1, -0.05) is 156 Å². The molecule has 0 spiro atoms. The van der Waals surface area contributed by atoms with E-state index in [1.54, 1.807) is 0 Å². The molecule has 6 nitrogen and oxygen atoms in total. The molecule has 0 saturated carbocycles. The second kappa shape index (κ2) is 22.7. The molecule has 10 rings (SSSR count). The van der Waals surface area contributed by atoms with E-state index in [1.807, 2.05) is 72.8 Å². The van der Waals surface area contributed by atoms with Crippen LogP contribution in [0.1, 0.15) is 36.8 Å². The van der Waals surface area contributed by atoms with Gasteiger partial charge in [0.15, 0.2) is 0 Å². The summed E-state index contributed by atoms with van der Waals surface area (Å²) in [5.41, 5.74) is 9.83. The number of pyridine rings is 2. The number of halogens is 3. The summed E-state index contributed by atoms with van der Waals surface area (Å²) in [7, 11) is 4.30. The molecule has 2 fully saturated rings. The van der Waals surface area contributed by atoms with Crippen LogP contribution in [-0.2, 0) is 13.1 Å². The minimum atomic E-state index is 0.506. The second-order valence-corrected chi connectivity index (χ2v) is 18.3. The quantitative estimate of drug-likeness (QED) is 0.156. The summed E-state index contributed by atoms with van der Waals surface area (Å²) in [4.78, 5) is 17.1. The van der Waals surface area contributed by atoms with E-state index in [0.29, 0.717) is 16.1 Å². The van der Waals surface area contributed by atoms with Crippen molar-refractivity contribution in [3.8, 4) is 22.5 Å². The van der Waals surface area contributed by atoms with Gasteiger partial charge in [-0.25, -0.2) is 9.97 Å². The highest BCUT2D eigenvalue weighted by Crippen LogP contribution is 2.35. The fraction of sp³-hybridized carbons (Fsp3) is 0.250. The Morgan fingerprint density at radius 3 is 1.45 bits per heavy atom. The van der Waals surface area contributed by atoms with Crippen molar-refractivity contribution in [3.63, 3.8) is 0 Å². The van der Waals surface area contributed by atoms with Crippen molar-refractivity contribution in [1.82, 2.24) is 25.1 Å². The Morgan fingerprint density at radius 2 is 0.954 bits per heavy atom. The topological polar surface area (TPSA) is 47.5 Å². The first-order chi connectivity index (χ1) is 31.8. The lowest BCUT2D eigenvalue weighted by Crippen LogP contribution is -2.43. The summed E-state index contributed by atoms with van der Waals surface area (Å²) >= 11 is 18.6. The van der Waals surface area contributed by atoms with Gasteiger partial charge in [0.25, 0.3) is 0 Å². The van der Waals surface area contributed by atoms with E-state index in [4.69, 9.17) is 39.8 Å². The SMILES string of the molecule is CN(c1cc(-c2ccccc2)nc2cc(Cl)ccc12)C1CCN(Cc2ccccc2)CC1.CNC1CCN(Cc2ccccc2)CC1.Clc1ccc2c(Cl)cc(-c3ccccc3)nc2c1. The predicted molar refractivity (Wildman–Crippen MR) is 276 cm³/mol. The Balaban J connectivity index is 0.000000147. The average Bonchev–Trinajstić information content (AvgIpc) is 3.35. The maximum atomic E-state index is 6.32. The molecule has 0 radical (unpaired) electrons. The molecule has 0 amide bonds. The van der Waals surface area contributed by atoms with Crippen molar-refractivity contribution in [2.75, 3.05) is 45.2 Å². The van der Waals surface area contributed by atoms with Gasteiger partial charge >= 0.3 is 0 Å². The van der Waals surface area contributed by atoms with Gasteiger partial charge in [0, 0.05) is 82.9 Å². The molecule has 2 aromatic heterocycles. The van der Waals surface area contributed by atoms with Crippen molar-refractivity contribution >= 4 is 62.3 Å². The monoisotopic (exact) mass is 918 g/mol. The summed E-state index contributed by atoms with van der Waals surface area (Å²) < 4.78 is 0. The number of hydrogen-bond acceptors (Lipinski definition) is 6. The number of anilines is 1. The smallest absolute Gasteiger partial charge is 0.0745 e. The third-order valence-electron chi connectivity index (χ3n) is 12.6. The second-order valence-electron chi connectivity index (χ2n) is 17.0. The molecule has 0 unspecified atom stereocenters. The van der Waals surface area contributed by atoms with Crippen LogP contribution in [0.2, 0.25) is 15.1 Å². The van der Waals surface area contributed by atoms with Gasteiger partial charge in [0.1, 0.15) is 0 Å². The largest absolute Gasteiger partial charge is 0.371 e. The first kappa shape index (κ1) is 46.2. The zero-order chi connectivity index (χ0) is 45.0. The maximum Gasteiger partial charge on any atom is 0.0745 e. The van der Waals surface area contributed by atoms with E-state index < -0.39 is 0 Å². The minimum absolute atomic E-state index is 0.506. The highest BCUT2D eigenvalue weighted by Gasteiger charge is 2.25. The third-order valence-corrected chi connectivity index (χ3v) is 13.4. The summed E-state index contributed by atoms with van der Waals surface area (Å²) in [6, 6.07) is 58.8. The van der Waals surface area contributed by atoms with Gasteiger partial charge in [-0.2, -0.15) is 0 Å². The highest BCUT2D eigenvalue weighted by atomic mass is 35.5. The molecule has 6 aromatic carbocycles. The molecule has 0 aliphatic carbocycles. The number of hydrogen-bond donors (Lipinski definition) is 1. The zero-order valence-electron chi connectivity index (χ0n) is 37.3. The van der Waals surface area contributed by atoms with Crippen molar-refractivity contribution < 1.29 is 0 Å². The number of fused-ring (bicyclic) bond motifs is 2. The van der Waals surface area contributed by atoms with Crippen LogP contribution in [0, 0.1) is 0 Å². The van der Waals surface area contributed by atoms with Crippen LogP contribution < -0.4 is 10.2 Å². The minimum Gasteiger partial charge on any atom is -0.371 e. The average molecular weight is 920 g/mol. The molecule has 0 bridgehead atoms. The fourth-order valence-corrected chi connectivity index (χ4v) is 9.47. The Hall–Kier alpha value is -5.31. The lowest BCUT2D eigenvalue weighted by molar-refractivity contribution is 0.194. The Labute approximate surface area is 399 Å². The fourth-order valence-electron chi connectivity index (χ4n) is 8.87. The van der Waals surface area contributed by atoms with E-state index in [2.05, 4.69) is 136 Å². The van der Waals surface area contributed by atoms with Crippen LogP contribution in [0.5, 0.6) is 0 Å². The van der Waals surface area contributed by atoms with Gasteiger partial charge in [-0.3, -0.25) is 9.80 Å². The van der Waals surface area contributed by atoms with E-state index in [9.17, 15) is 0 Å². The summed E-state index contributed by atoms with van der Waals surface area (Å²) in [5.74, 6) is 0. The van der Waals surface area contributed by atoms with E-state index in [1.165, 1.54) is 42.7 Å². The number of rotatable bonds is 9. The molecule has 1 N–H and O–H groups in total. The first-order valence-electron chi connectivity index (χ1n) is 22.7.